The minimum atomic E-state index is -0.473. The Balaban J connectivity index is 2.30. The van der Waals surface area contributed by atoms with Gasteiger partial charge in [-0.2, -0.15) is 5.10 Å². The Labute approximate surface area is 102 Å². The van der Waals surface area contributed by atoms with Gasteiger partial charge in [0.2, 0.25) is 5.91 Å². The van der Waals surface area contributed by atoms with E-state index in [1.54, 1.807) is 29.2 Å². The average Bonchev–Trinajstić information content (AvgIpc) is 2.82. The first-order valence-corrected chi connectivity index (χ1v) is 5.30. The summed E-state index contributed by atoms with van der Waals surface area (Å²) in [6, 6.07) is 7.11. The summed E-state index contributed by atoms with van der Waals surface area (Å²) in [5.41, 5.74) is 7.93. The van der Waals surface area contributed by atoms with E-state index in [4.69, 9.17) is 5.73 Å². The molecule has 1 amide bonds. The molecule has 6 heteroatoms. The number of carbonyl (C=O) groups is 1. The number of rotatable bonds is 2. The number of primary amides is 1. The lowest BCUT2D eigenvalue weighted by Gasteiger charge is -2.03. The van der Waals surface area contributed by atoms with Crippen molar-refractivity contribution in [3.63, 3.8) is 0 Å². The molecule has 0 aliphatic rings. The molecule has 0 saturated heterocycles. The summed E-state index contributed by atoms with van der Waals surface area (Å²) < 4.78 is 1.55. The number of nitrogens with zero attached hydrogens (tertiary/aromatic N) is 4. The number of nitrogens with two attached hydrogens (primary N) is 1. The summed E-state index contributed by atoms with van der Waals surface area (Å²) in [6.45, 7) is 0. The van der Waals surface area contributed by atoms with Gasteiger partial charge in [0.1, 0.15) is 12.7 Å². The highest BCUT2D eigenvalue weighted by atomic mass is 16.1. The first-order chi connectivity index (χ1) is 8.77. The fraction of sp³-hybridized carbons (Fsp3) is 0. The van der Waals surface area contributed by atoms with Gasteiger partial charge in [-0.1, -0.05) is 18.2 Å². The van der Waals surface area contributed by atoms with Gasteiger partial charge in [-0.15, -0.1) is 0 Å². The summed E-state index contributed by atoms with van der Waals surface area (Å²) in [6.07, 6.45) is 4.64. The van der Waals surface area contributed by atoms with Gasteiger partial charge < -0.3 is 5.73 Å². The van der Waals surface area contributed by atoms with E-state index in [-0.39, 0.29) is 0 Å². The molecular weight excluding hydrogens is 230 g/mol. The van der Waals surface area contributed by atoms with Crippen LogP contribution in [0.4, 0.5) is 0 Å². The highest BCUT2D eigenvalue weighted by molar-refractivity contribution is 6.01. The van der Waals surface area contributed by atoms with Crippen LogP contribution in [0, 0.1) is 0 Å². The van der Waals surface area contributed by atoms with Crippen LogP contribution < -0.4 is 5.73 Å². The van der Waals surface area contributed by atoms with Gasteiger partial charge >= 0.3 is 0 Å². The number of hydrogen-bond acceptors (Lipinski definition) is 4. The lowest BCUT2D eigenvalue weighted by molar-refractivity contribution is 0.100. The van der Waals surface area contributed by atoms with Crippen molar-refractivity contribution in [1.29, 1.82) is 0 Å². The van der Waals surface area contributed by atoms with Gasteiger partial charge in [-0.3, -0.25) is 4.79 Å². The first-order valence-electron chi connectivity index (χ1n) is 5.30. The zero-order valence-electron chi connectivity index (χ0n) is 9.32. The van der Waals surface area contributed by atoms with Crippen LogP contribution in [-0.4, -0.2) is 25.5 Å². The van der Waals surface area contributed by atoms with Gasteiger partial charge in [0.25, 0.3) is 0 Å². The fourth-order valence-electron chi connectivity index (χ4n) is 1.87. The Morgan fingerprint density at radius 2 is 2.06 bits per heavy atom. The normalized spacial score (nSPS) is 10.7. The van der Waals surface area contributed by atoms with Crippen molar-refractivity contribution in [3.05, 3.63) is 48.7 Å². The quantitative estimate of drug-likeness (QED) is 0.719. The number of aromatic nitrogens is 4. The molecule has 2 N–H and O–H groups in total. The maximum absolute atomic E-state index is 11.4. The Kier molecular flexibility index (Phi) is 2.26. The molecule has 0 unspecified atom stereocenters. The molecule has 6 nitrogen and oxygen atoms in total. The van der Waals surface area contributed by atoms with Crippen LogP contribution in [0.2, 0.25) is 0 Å². The maximum Gasteiger partial charge on any atom is 0.249 e. The van der Waals surface area contributed by atoms with Gasteiger partial charge in [0.05, 0.1) is 6.20 Å². The molecule has 0 aliphatic heterocycles. The van der Waals surface area contributed by atoms with Gasteiger partial charge in [-0.05, 0) is 11.6 Å². The molecule has 88 valence electrons. The summed E-state index contributed by atoms with van der Waals surface area (Å²) in [4.78, 5) is 19.4. The van der Waals surface area contributed by atoms with E-state index in [0.717, 1.165) is 11.1 Å². The smallest absolute Gasteiger partial charge is 0.249 e. The first kappa shape index (κ1) is 10.4. The average molecular weight is 239 g/mol. The fourth-order valence-corrected chi connectivity index (χ4v) is 1.87. The molecular formula is C12H9N5O. The van der Waals surface area contributed by atoms with Crippen LogP contribution in [0.25, 0.3) is 16.8 Å². The Bertz CT molecular complexity index is 734. The monoisotopic (exact) mass is 239 g/mol. The van der Waals surface area contributed by atoms with Crippen molar-refractivity contribution in [2.24, 2.45) is 5.73 Å². The molecule has 18 heavy (non-hydrogen) atoms. The van der Waals surface area contributed by atoms with Crippen LogP contribution in [0.3, 0.4) is 0 Å². The Morgan fingerprint density at radius 3 is 2.89 bits per heavy atom. The molecule has 3 aromatic rings. The largest absolute Gasteiger partial charge is 0.366 e. The van der Waals surface area contributed by atoms with Crippen molar-refractivity contribution in [2.45, 2.75) is 0 Å². The van der Waals surface area contributed by atoms with E-state index >= 15 is 0 Å². The molecule has 0 radical (unpaired) electrons. The zero-order chi connectivity index (χ0) is 12.5. The topological polar surface area (TPSA) is 86.2 Å². The molecule has 3 rings (SSSR count). The molecule has 2 aromatic heterocycles. The van der Waals surface area contributed by atoms with E-state index in [2.05, 4.69) is 15.1 Å². The standard InChI is InChI=1S/C12H9N5O/c13-11(18)9-4-2-1-3-8(9)10-5-16-17-7-14-6-15-12(10)17/h1-7H,(H2,13,18). The number of fused-ring (bicyclic) bond motifs is 1. The van der Waals surface area contributed by atoms with Crippen molar-refractivity contribution < 1.29 is 4.79 Å². The molecule has 2 heterocycles. The van der Waals surface area contributed by atoms with E-state index in [0.29, 0.717) is 11.2 Å². The highest BCUT2D eigenvalue weighted by Gasteiger charge is 2.14. The predicted octanol–water partition coefficient (Wildman–Crippen LogP) is 0.890. The van der Waals surface area contributed by atoms with Crippen molar-refractivity contribution in [3.8, 4) is 11.1 Å². The third-order valence-corrected chi connectivity index (χ3v) is 2.67. The Hall–Kier alpha value is -2.76. The van der Waals surface area contributed by atoms with Crippen LogP contribution in [0.5, 0.6) is 0 Å². The summed E-state index contributed by atoms with van der Waals surface area (Å²) in [5, 5.41) is 4.14. The number of amides is 1. The summed E-state index contributed by atoms with van der Waals surface area (Å²) in [7, 11) is 0. The van der Waals surface area contributed by atoms with Crippen LogP contribution in [0.15, 0.2) is 43.1 Å². The van der Waals surface area contributed by atoms with Crippen molar-refractivity contribution >= 4 is 11.6 Å². The third kappa shape index (κ3) is 1.51. The van der Waals surface area contributed by atoms with Gasteiger partial charge in [0.15, 0.2) is 5.65 Å². The van der Waals surface area contributed by atoms with Crippen molar-refractivity contribution in [1.82, 2.24) is 19.6 Å². The van der Waals surface area contributed by atoms with Crippen molar-refractivity contribution in [2.75, 3.05) is 0 Å². The van der Waals surface area contributed by atoms with E-state index in [1.807, 2.05) is 12.1 Å². The minimum absolute atomic E-state index is 0.450. The lowest BCUT2D eigenvalue weighted by Crippen LogP contribution is -2.12. The Morgan fingerprint density at radius 1 is 1.22 bits per heavy atom. The molecule has 0 saturated carbocycles. The predicted molar refractivity (Wildman–Crippen MR) is 64.7 cm³/mol. The highest BCUT2D eigenvalue weighted by Crippen LogP contribution is 2.25. The third-order valence-electron chi connectivity index (χ3n) is 2.67. The molecule has 1 aromatic carbocycles. The SMILES string of the molecule is NC(=O)c1ccccc1-c1cnn2cncnc12. The van der Waals surface area contributed by atoms with E-state index in [9.17, 15) is 4.79 Å². The van der Waals surface area contributed by atoms with Crippen LogP contribution >= 0.6 is 0 Å². The van der Waals surface area contributed by atoms with E-state index < -0.39 is 5.91 Å². The second kappa shape index (κ2) is 3.92. The van der Waals surface area contributed by atoms with Crippen LogP contribution in [-0.2, 0) is 0 Å². The summed E-state index contributed by atoms with van der Waals surface area (Å²) >= 11 is 0. The van der Waals surface area contributed by atoms with Crippen LogP contribution in [0.1, 0.15) is 10.4 Å². The lowest BCUT2D eigenvalue weighted by atomic mass is 10.0. The molecule has 0 fully saturated rings. The number of benzene rings is 1. The second-order valence-electron chi connectivity index (χ2n) is 3.75. The number of carbonyl (C=O) groups excluding carboxylic acids is 1. The second-order valence-corrected chi connectivity index (χ2v) is 3.75. The minimum Gasteiger partial charge on any atom is -0.366 e. The molecule has 0 aliphatic carbocycles. The maximum atomic E-state index is 11.4. The molecule has 0 spiro atoms. The summed E-state index contributed by atoms with van der Waals surface area (Å²) in [5.74, 6) is -0.473. The molecule has 0 bridgehead atoms. The zero-order valence-corrected chi connectivity index (χ0v) is 9.32. The van der Waals surface area contributed by atoms with Gasteiger partial charge in [-0.25, -0.2) is 14.5 Å². The van der Waals surface area contributed by atoms with E-state index in [1.165, 1.54) is 6.33 Å². The number of hydrogen-bond donors (Lipinski definition) is 1. The molecule has 0 atom stereocenters. The van der Waals surface area contributed by atoms with Gasteiger partial charge in [0, 0.05) is 11.1 Å².